The second-order valence-corrected chi connectivity index (χ2v) is 4.94. The van der Waals surface area contributed by atoms with Crippen molar-refractivity contribution in [3.05, 3.63) is 17.8 Å². The van der Waals surface area contributed by atoms with Gasteiger partial charge in [-0.15, -0.1) is 0 Å². The molecule has 1 fully saturated rings. The van der Waals surface area contributed by atoms with E-state index in [1.54, 1.807) is 0 Å². The molecule has 16 heavy (non-hydrogen) atoms. The Labute approximate surface area is 96.4 Å². The van der Waals surface area contributed by atoms with Crippen LogP contribution in [0.2, 0.25) is 0 Å². The zero-order valence-electron chi connectivity index (χ0n) is 10.2. The Morgan fingerprint density at radius 3 is 2.88 bits per heavy atom. The van der Waals surface area contributed by atoms with E-state index in [9.17, 15) is 0 Å². The Balaban J connectivity index is 2.35. The highest BCUT2D eigenvalue weighted by atomic mass is 16.5. The van der Waals surface area contributed by atoms with Gasteiger partial charge in [0.05, 0.1) is 24.4 Å². The van der Waals surface area contributed by atoms with Crippen LogP contribution in [-0.4, -0.2) is 30.3 Å². The number of morpholine rings is 1. The summed E-state index contributed by atoms with van der Waals surface area (Å²) in [5.74, 6) is 0.874. The fourth-order valence-corrected chi connectivity index (χ4v) is 2.06. The minimum Gasteiger partial charge on any atom is -0.396 e. The first-order valence-electron chi connectivity index (χ1n) is 5.58. The molecule has 0 spiro atoms. The summed E-state index contributed by atoms with van der Waals surface area (Å²) in [6, 6.07) is 1.97. The molecule has 0 aliphatic carbocycles. The number of nitrogen functional groups attached to an aromatic ring is 1. The molecule has 0 bridgehead atoms. The van der Waals surface area contributed by atoms with Crippen LogP contribution >= 0.6 is 0 Å². The van der Waals surface area contributed by atoms with E-state index in [1.807, 2.05) is 19.2 Å². The van der Waals surface area contributed by atoms with E-state index < -0.39 is 0 Å². The summed E-state index contributed by atoms with van der Waals surface area (Å²) in [6.45, 7) is 8.57. The summed E-state index contributed by atoms with van der Waals surface area (Å²) in [7, 11) is 0. The van der Waals surface area contributed by atoms with Crippen LogP contribution < -0.4 is 10.6 Å². The second kappa shape index (κ2) is 3.94. The van der Waals surface area contributed by atoms with Gasteiger partial charge in [-0.1, -0.05) is 0 Å². The summed E-state index contributed by atoms with van der Waals surface area (Å²) in [4.78, 5) is 6.67. The highest BCUT2D eigenvalue weighted by Crippen LogP contribution is 2.29. The zero-order chi connectivity index (χ0) is 11.8. The maximum Gasteiger partial charge on any atom is 0.152 e. The van der Waals surface area contributed by atoms with Gasteiger partial charge in [0.1, 0.15) is 0 Å². The number of hydrogen-bond donors (Lipinski definition) is 1. The van der Waals surface area contributed by atoms with E-state index in [0.717, 1.165) is 30.2 Å². The molecule has 1 aromatic heterocycles. The first kappa shape index (κ1) is 11.2. The number of hydrogen-bond acceptors (Lipinski definition) is 4. The molecular weight excluding hydrogens is 202 g/mol. The molecule has 1 aliphatic heterocycles. The Morgan fingerprint density at radius 2 is 2.25 bits per heavy atom. The topological polar surface area (TPSA) is 51.4 Å². The quantitative estimate of drug-likeness (QED) is 0.782. The highest BCUT2D eigenvalue weighted by Gasteiger charge is 2.32. The summed E-state index contributed by atoms with van der Waals surface area (Å²) >= 11 is 0. The molecule has 1 saturated heterocycles. The van der Waals surface area contributed by atoms with Crippen molar-refractivity contribution < 1.29 is 4.74 Å². The largest absolute Gasteiger partial charge is 0.396 e. The minimum atomic E-state index is -0.0470. The van der Waals surface area contributed by atoms with Crippen molar-refractivity contribution >= 4 is 11.5 Å². The summed E-state index contributed by atoms with van der Waals surface area (Å²) in [6.07, 6.45) is 1.86. The molecule has 88 valence electrons. The number of ether oxygens (including phenoxy) is 1. The van der Waals surface area contributed by atoms with Gasteiger partial charge in [0, 0.05) is 12.7 Å². The number of aromatic nitrogens is 1. The molecule has 0 aromatic carbocycles. The highest BCUT2D eigenvalue weighted by molar-refractivity contribution is 5.64. The number of rotatable bonds is 1. The van der Waals surface area contributed by atoms with Crippen LogP contribution in [-0.2, 0) is 4.74 Å². The number of nitrogens with two attached hydrogens (primary N) is 1. The van der Waals surface area contributed by atoms with Crippen LogP contribution in [0.3, 0.4) is 0 Å². The van der Waals surface area contributed by atoms with Crippen LogP contribution in [0.1, 0.15) is 19.4 Å². The molecule has 0 radical (unpaired) electrons. The van der Waals surface area contributed by atoms with E-state index in [1.165, 1.54) is 0 Å². The SMILES string of the molecule is Cc1cnc(N2CCOCC2(C)C)c(N)c1. The predicted octanol–water partition coefficient (Wildman–Crippen LogP) is 1.59. The van der Waals surface area contributed by atoms with Crippen LogP contribution in [0.25, 0.3) is 0 Å². The van der Waals surface area contributed by atoms with Crippen LogP contribution in [0.5, 0.6) is 0 Å². The van der Waals surface area contributed by atoms with Gasteiger partial charge in [-0.25, -0.2) is 4.98 Å². The lowest BCUT2D eigenvalue weighted by molar-refractivity contribution is 0.0640. The van der Waals surface area contributed by atoms with Crippen molar-refractivity contribution in [2.45, 2.75) is 26.3 Å². The standard InChI is InChI=1S/C12H19N3O/c1-9-6-10(13)11(14-7-9)15-4-5-16-8-12(15,2)3/h6-7H,4-5,8,13H2,1-3H3. The smallest absolute Gasteiger partial charge is 0.152 e. The maximum atomic E-state index is 6.03. The molecule has 0 unspecified atom stereocenters. The van der Waals surface area contributed by atoms with E-state index in [-0.39, 0.29) is 5.54 Å². The minimum absolute atomic E-state index is 0.0470. The average molecular weight is 221 g/mol. The first-order chi connectivity index (χ1) is 7.50. The van der Waals surface area contributed by atoms with Gasteiger partial charge >= 0.3 is 0 Å². The van der Waals surface area contributed by atoms with Crippen molar-refractivity contribution in [1.82, 2.24) is 4.98 Å². The fourth-order valence-electron chi connectivity index (χ4n) is 2.06. The Kier molecular flexibility index (Phi) is 2.76. The van der Waals surface area contributed by atoms with Gasteiger partial charge in [-0.05, 0) is 32.4 Å². The Morgan fingerprint density at radius 1 is 1.50 bits per heavy atom. The van der Waals surface area contributed by atoms with Gasteiger partial charge in [0.15, 0.2) is 5.82 Å². The molecule has 2 rings (SSSR count). The van der Waals surface area contributed by atoms with Crippen molar-refractivity contribution in [3.63, 3.8) is 0 Å². The van der Waals surface area contributed by atoms with E-state index in [4.69, 9.17) is 10.5 Å². The van der Waals surface area contributed by atoms with Gasteiger partial charge < -0.3 is 15.4 Å². The van der Waals surface area contributed by atoms with Gasteiger partial charge in [0.25, 0.3) is 0 Å². The Bertz CT molecular complexity index is 390. The molecule has 4 heteroatoms. The van der Waals surface area contributed by atoms with E-state index in [2.05, 4.69) is 23.7 Å². The molecule has 1 aromatic rings. The first-order valence-corrected chi connectivity index (χ1v) is 5.58. The molecule has 2 N–H and O–H groups in total. The van der Waals surface area contributed by atoms with Gasteiger partial charge in [0.2, 0.25) is 0 Å². The van der Waals surface area contributed by atoms with Crippen LogP contribution in [0, 0.1) is 6.92 Å². The third-order valence-electron chi connectivity index (χ3n) is 2.93. The molecule has 4 nitrogen and oxygen atoms in total. The summed E-state index contributed by atoms with van der Waals surface area (Å²) < 4.78 is 5.49. The van der Waals surface area contributed by atoms with Crippen molar-refractivity contribution in [3.8, 4) is 0 Å². The van der Waals surface area contributed by atoms with Crippen LogP contribution in [0.4, 0.5) is 11.5 Å². The molecular formula is C12H19N3O. The maximum absolute atomic E-state index is 6.03. The van der Waals surface area contributed by atoms with Crippen molar-refractivity contribution in [2.75, 3.05) is 30.4 Å². The van der Waals surface area contributed by atoms with E-state index in [0.29, 0.717) is 6.61 Å². The molecule has 0 amide bonds. The lowest BCUT2D eigenvalue weighted by Gasteiger charge is -2.43. The number of nitrogens with zero attached hydrogens (tertiary/aromatic N) is 2. The zero-order valence-corrected chi connectivity index (χ0v) is 10.2. The van der Waals surface area contributed by atoms with Gasteiger partial charge in [-0.3, -0.25) is 0 Å². The number of pyridine rings is 1. The second-order valence-electron chi connectivity index (χ2n) is 4.94. The number of anilines is 2. The lowest BCUT2D eigenvalue weighted by Crippen LogP contribution is -2.53. The van der Waals surface area contributed by atoms with E-state index >= 15 is 0 Å². The summed E-state index contributed by atoms with van der Waals surface area (Å²) in [5.41, 5.74) is 7.82. The molecule has 0 atom stereocenters. The normalized spacial score (nSPS) is 19.8. The Hall–Kier alpha value is -1.29. The summed E-state index contributed by atoms with van der Waals surface area (Å²) in [5, 5.41) is 0. The molecule has 1 aliphatic rings. The van der Waals surface area contributed by atoms with Gasteiger partial charge in [-0.2, -0.15) is 0 Å². The average Bonchev–Trinajstić information content (AvgIpc) is 2.19. The third-order valence-corrected chi connectivity index (χ3v) is 2.93. The van der Waals surface area contributed by atoms with Crippen LogP contribution in [0.15, 0.2) is 12.3 Å². The predicted molar refractivity (Wildman–Crippen MR) is 65.6 cm³/mol. The third kappa shape index (κ3) is 1.97. The fraction of sp³-hybridized carbons (Fsp3) is 0.583. The molecule has 2 heterocycles. The number of aryl methyl sites for hydroxylation is 1. The molecule has 0 saturated carbocycles. The van der Waals surface area contributed by atoms with Crippen molar-refractivity contribution in [2.24, 2.45) is 0 Å². The van der Waals surface area contributed by atoms with Crippen molar-refractivity contribution in [1.29, 1.82) is 0 Å². The lowest BCUT2D eigenvalue weighted by atomic mass is 10.0. The monoisotopic (exact) mass is 221 g/mol.